The van der Waals surface area contributed by atoms with E-state index in [2.05, 4.69) is 22.5 Å². The molecule has 0 unspecified atom stereocenters. The smallest absolute Gasteiger partial charge is 0.109 e. The van der Waals surface area contributed by atoms with Crippen LogP contribution in [-0.4, -0.2) is 20.8 Å². The van der Waals surface area contributed by atoms with Crippen LogP contribution in [0, 0.1) is 0 Å². The van der Waals surface area contributed by atoms with Gasteiger partial charge in [-0.2, -0.15) is 0 Å². The molecule has 0 bridgehead atoms. The van der Waals surface area contributed by atoms with Gasteiger partial charge in [-0.05, 0) is 25.5 Å². The van der Waals surface area contributed by atoms with E-state index in [0.29, 0.717) is 6.54 Å². The molecule has 0 aliphatic carbocycles. The van der Waals surface area contributed by atoms with E-state index in [9.17, 15) is 5.11 Å². The number of rotatable bonds is 4. The van der Waals surface area contributed by atoms with Crippen molar-refractivity contribution < 1.29 is 5.11 Å². The van der Waals surface area contributed by atoms with E-state index in [1.54, 1.807) is 0 Å². The van der Waals surface area contributed by atoms with E-state index < -0.39 is 0 Å². The highest BCUT2D eigenvalue weighted by atomic mass is 16.3. The van der Waals surface area contributed by atoms with Gasteiger partial charge in [-0.1, -0.05) is 19.1 Å². The van der Waals surface area contributed by atoms with Gasteiger partial charge in [0.05, 0.1) is 23.7 Å². The lowest BCUT2D eigenvalue weighted by Crippen LogP contribution is -2.14. The zero-order chi connectivity index (χ0) is 11.5. The molecule has 1 aromatic heterocycles. The second-order valence-corrected chi connectivity index (χ2v) is 4.23. The number of aliphatic hydroxyl groups excluding tert-OH is 1. The van der Waals surface area contributed by atoms with E-state index in [-0.39, 0.29) is 6.10 Å². The third-order valence-electron chi connectivity index (χ3n) is 2.65. The molecule has 0 amide bonds. The Hall–Kier alpha value is -1.35. The highest BCUT2D eigenvalue weighted by molar-refractivity contribution is 5.75. The van der Waals surface area contributed by atoms with E-state index in [4.69, 9.17) is 0 Å². The van der Waals surface area contributed by atoms with Gasteiger partial charge in [0.1, 0.15) is 5.82 Å². The first-order valence-corrected chi connectivity index (χ1v) is 5.84. The maximum Gasteiger partial charge on any atom is 0.109 e. The zero-order valence-electron chi connectivity index (χ0n) is 9.85. The van der Waals surface area contributed by atoms with Crippen molar-refractivity contribution in [1.29, 1.82) is 0 Å². The van der Waals surface area contributed by atoms with Crippen molar-refractivity contribution in [3.63, 3.8) is 0 Å². The first kappa shape index (κ1) is 11.1. The number of nitrogens with zero attached hydrogens (tertiary/aromatic N) is 2. The van der Waals surface area contributed by atoms with Gasteiger partial charge >= 0.3 is 0 Å². The molecule has 0 spiro atoms. The summed E-state index contributed by atoms with van der Waals surface area (Å²) in [4.78, 5) is 4.61. The molecule has 0 saturated heterocycles. The average Bonchev–Trinajstić information content (AvgIpc) is 2.57. The quantitative estimate of drug-likeness (QED) is 0.855. The minimum absolute atomic E-state index is 0.340. The van der Waals surface area contributed by atoms with E-state index in [1.807, 2.05) is 25.1 Å². The van der Waals surface area contributed by atoms with Crippen LogP contribution in [0.15, 0.2) is 24.3 Å². The molecule has 1 N–H and O–H groups in total. The topological polar surface area (TPSA) is 38.0 Å². The van der Waals surface area contributed by atoms with Gasteiger partial charge in [-0.3, -0.25) is 0 Å². The van der Waals surface area contributed by atoms with Crippen LogP contribution in [0.25, 0.3) is 11.0 Å². The molecule has 0 fully saturated rings. The SMILES string of the molecule is CCCc1nc2ccccc2n1C[C@H](C)O. The normalized spacial score (nSPS) is 13.2. The molecule has 0 radical (unpaired) electrons. The van der Waals surface area contributed by atoms with Crippen LogP contribution in [0.2, 0.25) is 0 Å². The number of hydrogen-bond acceptors (Lipinski definition) is 2. The van der Waals surface area contributed by atoms with Crippen LogP contribution in [0.4, 0.5) is 0 Å². The lowest BCUT2D eigenvalue weighted by molar-refractivity contribution is 0.173. The Balaban J connectivity index is 2.50. The molecule has 16 heavy (non-hydrogen) atoms. The van der Waals surface area contributed by atoms with Crippen LogP contribution in [-0.2, 0) is 13.0 Å². The van der Waals surface area contributed by atoms with Gasteiger partial charge in [0.2, 0.25) is 0 Å². The summed E-state index contributed by atoms with van der Waals surface area (Å²) in [6.45, 7) is 4.58. The first-order valence-electron chi connectivity index (χ1n) is 5.84. The fourth-order valence-corrected chi connectivity index (χ4v) is 2.01. The summed E-state index contributed by atoms with van der Waals surface area (Å²) in [5.74, 6) is 1.07. The number of aryl methyl sites for hydroxylation is 1. The Labute approximate surface area is 95.7 Å². The molecule has 0 aliphatic heterocycles. The average molecular weight is 218 g/mol. The van der Waals surface area contributed by atoms with Crippen molar-refractivity contribution in [2.75, 3.05) is 0 Å². The largest absolute Gasteiger partial charge is 0.392 e. The zero-order valence-corrected chi connectivity index (χ0v) is 9.85. The number of hydrogen-bond donors (Lipinski definition) is 1. The summed E-state index contributed by atoms with van der Waals surface area (Å²) in [5, 5.41) is 9.53. The number of aromatic nitrogens is 2. The van der Waals surface area contributed by atoms with Crippen molar-refractivity contribution in [2.24, 2.45) is 0 Å². The number of para-hydroxylation sites is 2. The molecule has 1 atom stereocenters. The van der Waals surface area contributed by atoms with Crippen LogP contribution in [0.5, 0.6) is 0 Å². The Morgan fingerprint density at radius 3 is 2.81 bits per heavy atom. The summed E-state index contributed by atoms with van der Waals surface area (Å²) >= 11 is 0. The van der Waals surface area contributed by atoms with E-state index >= 15 is 0 Å². The maximum absolute atomic E-state index is 9.53. The summed E-state index contributed by atoms with van der Waals surface area (Å²) in [6.07, 6.45) is 1.69. The number of benzene rings is 1. The number of aliphatic hydroxyl groups is 1. The predicted molar refractivity (Wildman–Crippen MR) is 65.4 cm³/mol. The van der Waals surface area contributed by atoms with E-state index in [0.717, 1.165) is 29.7 Å². The Morgan fingerprint density at radius 2 is 2.12 bits per heavy atom. The lowest BCUT2D eigenvalue weighted by atomic mass is 10.3. The minimum Gasteiger partial charge on any atom is -0.392 e. The van der Waals surface area contributed by atoms with Crippen molar-refractivity contribution in [3.05, 3.63) is 30.1 Å². The van der Waals surface area contributed by atoms with Crippen LogP contribution in [0.3, 0.4) is 0 Å². The monoisotopic (exact) mass is 218 g/mol. The summed E-state index contributed by atoms with van der Waals surface area (Å²) in [6, 6.07) is 8.09. The minimum atomic E-state index is -0.340. The van der Waals surface area contributed by atoms with Crippen LogP contribution in [0.1, 0.15) is 26.1 Å². The summed E-state index contributed by atoms with van der Waals surface area (Å²) in [5.41, 5.74) is 2.14. The Kier molecular flexibility index (Phi) is 3.25. The highest BCUT2D eigenvalue weighted by Gasteiger charge is 2.10. The third kappa shape index (κ3) is 2.09. The van der Waals surface area contributed by atoms with Crippen molar-refractivity contribution in [3.8, 4) is 0 Å². The van der Waals surface area contributed by atoms with Crippen LogP contribution >= 0.6 is 0 Å². The third-order valence-corrected chi connectivity index (χ3v) is 2.65. The summed E-state index contributed by atoms with van der Waals surface area (Å²) < 4.78 is 2.13. The molecule has 0 aliphatic rings. The van der Waals surface area contributed by atoms with Crippen molar-refractivity contribution >= 4 is 11.0 Å². The predicted octanol–water partition coefficient (Wildman–Crippen LogP) is 2.37. The van der Waals surface area contributed by atoms with Gasteiger partial charge < -0.3 is 9.67 Å². The molecule has 1 heterocycles. The van der Waals surface area contributed by atoms with Gasteiger partial charge in [0, 0.05) is 6.42 Å². The summed E-state index contributed by atoms with van der Waals surface area (Å²) in [7, 11) is 0. The van der Waals surface area contributed by atoms with Crippen LogP contribution < -0.4 is 0 Å². The first-order chi connectivity index (χ1) is 7.72. The highest BCUT2D eigenvalue weighted by Crippen LogP contribution is 2.17. The molecule has 0 saturated carbocycles. The van der Waals surface area contributed by atoms with Gasteiger partial charge in [-0.25, -0.2) is 4.98 Å². The molecular formula is C13H18N2O. The van der Waals surface area contributed by atoms with Gasteiger partial charge in [-0.15, -0.1) is 0 Å². The second-order valence-electron chi connectivity index (χ2n) is 4.23. The number of fused-ring (bicyclic) bond motifs is 1. The second kappa shape index (κ2) is 4.66. The van der Waals surface area contributed by atoms with Gasteiger partial charge in [0.15, 0.2) is 0 Å². The lowest BCUT2D eigenvalue weighted by Gasteiger charge is -2.10. The molecule has 3 heteroatoms. The molecule has 86 valence electrons. The molecular weight excluding hydrogens is 200 g/mol. The molecule has 1 aromatic carbocycles. The Morgan fingerprint density at radius 1 is 1.38 bits per heavy atom. The van der Waals surface area contributed by atoms with Crippen molar-refractivity contribution in [1.82, 2.24) is 9.55 Å². The standard InChI is InChI=1S/C13H18N2O/c1-3-6-13-14-11-7-4-5-8-12(11)15(13)9-10(2)16/h4-5,7-8,10,16H,3,6,9H2,1-2H3/t10-/m0/s1. The fourth-order valence-electron chi connectivity index (χ4n) is 2.01. The molecule has 3 nitrogen and oxygen atoms in total. The van der Waals surface area contributed by atoms with E-state index in [1.165, 1.54) is 0 Å². The maximum atomic E-state index is 9.53. The number of imidazole rings is 1. The Bertz CT molecular complexity index is 474. The molecule has 2 aromatic rings. The van der Waals surface area contributed by atoms with Crippen molar-refractivity contribution in [2.45, 2.75) is 39.3 Å². The fraction of sp³-hybridized carbons (Fsp3) is 0.462. The molecule has 2 rings (SSSR count). The van der Waals surface area contributed by atoms with Gasteiger partial charge in [0.25, 0.3) is 0 Å².